The maximum Gasteiger partial charge on any atom is 0.322 e. The van der Waals surface area contributed by atoms with Gasteiger partial charge in [-0.05, 0) is 37.3 Å². The van der Waals surface area contributed by atoms with E-state index >= 15 is 0 Å². The van der Waals surface area contributed by atoms with Crippen molar-refractivity contribution in [3.63, 3.8) is 0 Å². The molecular weight excluding hydrogens is 216 g/mol. The second kappa shape index (κ2) is 4.61. The zero-order valence-corrected chi connectivity index (χ0v) is 9.07. The van der Waals surface area contributed by atoms with Crippen LogP contribution in [0.25, 0.3) is 0 Å². The van der Waals surface area contributed by atoms with Crippen LogP contribution in [0, 0.1) is 0 Å². The van der Waals surface area contributed by atoms with E-state index in [9.17, 15) is 0 Å². The van der Waals surface area contributed by atoms with Crippen LogP contribution in [-0.2, 0) is 0 Å². The lowest BCUT2D eigenvalue weighted by Crippen LogP contribution is -2.21. The van der Waals surface area contributed by atoms with Gasteiger partial charge >= 0.3 is 6.01 Å². The molecule has 0 aliphatic heterocycles. The summed E-state index contributed by atoms with van der Waals surface area (Å²) < 4.78 is 5.59. The molecule has 1 saturated carbocycles. The first-order valence-corrected chi connectivity index (χ1v) is 5.45. The number of rotatable bonds is 2. The van der Waals surface area contributed by atoms with E-state index in [4.69, 9.17) is 22.1 Å². The van der Waals surface area contributed by atoms with E-state index < -0.39 is 0 Å². The first-order chi connectivity index (χ1) is 7.24. The quantitative estimate of drug-likeness (QED) is 0.836. The molecule has 1 aliphatic carbocycles. The van der Waals surface area contributed by atoms with Crippen LogP contribution in [0.3, 0.4) is 0 Å². The minimum atomic E-state index is 0.0771. The summed E-state index contributed by atoms with van der Waals surface area (Å²) in [5, 5.41) is 0.0771. The molecule has 1 aromatic rings. The van der Waals surface area contributed by atoms with Gasteiger partial charge in [0, 0.05) is 0 Å². The third-order valence-corrected chi connectivity index (χ3v) is 2.60. The number of nitrogens with two attached hydrogens (primary N) is 1. The van der Waals surface area contributed by atoms with Gasteiger partial charge in [-0.25, -0.2) is 0 Å². The molecule has 5 nitrogen and oxygen atoms in total. The number of ether oxygens (including phenoxy) is 1. The fourth-order valence-electron chi connectivity index (χ4n) is 1.73. The van der Waals surface area contributed by atoms with E-state index in [0.717, 1.165) is 12.8 Å². The van der Waals surface area contributed by atoms with Gasteiger partial charge in [-0.3, -0.25) is 0 Å². The van der Waals surface area contributed by atoms with E-state index in [1.807, 2.05) is 0 Å². The van der Waals surface area contributed by atoms with E-state index in [1.54, 1.807) is 0 Å². The average molecular weight is 229 g/mol. The van der Waals surface area contributed by atoms with Crippen molar-refractivity contribution in [3.8, 4) is 6.01 Å². The highest BCUT2D eigenvalue weighted by Gasteiger charge is 2.16. The van der Waals surface area contributed by atoms with Crippen LogP contribution in [-0.4, -0.2) is 21.1 Å². The molecule has 0 aromatic carbocycles. The first-order valence-electron chi connectivity index (χ1n) is 5.08. The molecule has 0 amide bonds. The lowest BCUT2D eigenvalue weighted by molar-refractivity contribution is 0.141. The van der Waals surface area contributed by atoms with Crippen molar-refractivity contribution in [2.75, 3.05) is 5.73 Å². The van der Waals surface area contributed by atoms with Crippen LogP contribution in [0.4, 0.5) is 5.95 Å². The molecule has 0 bridgehead atoms. The van der Waals surface area contributed by atoms with Crippen LogP contribution >= 0.6 is 11.6 Å². The van der Waals surface area contributed by atoms with E-state index in [-0.39, 0.29) is 23.3 Å². The Labute approximate surface area is 93.0 Å². The van der Waals surface area contributed by atoms with Gasteiger partial charge in [-0.2, -0.15) is 15.0 Å². The van der Waals surface area contributed by atoms with Gasteiger partial charge in [0.25, 0.3) is 0 Å². The largest absolute Gasteiger partial charge is 0.460 e. The highest BCUT2D eigenvalue weighted by Crippen LogP contribution is 2.21. The Morgan fingerprint density at radius 2 is 1.87 bits per heavy atom. The summed E-state index contributed by atoms with van der Waals surface area (Å²) in [6.07, 6.45) is 5.95. The fraction of sp³-hybridized carbons (Fsp3) is 0.667. The van der Waals surface area contributed by atoms with Gasteiger partial charge < -0.3 is 10.5 Å². The Hall–Kier alpha value is -1.10. The van der Waals surface area contributed by atoms with Crippen LogP contribution in [0.5, 0.6) is 6.01 Å². The molecule has 0 saturated heterocycles. The highest BCUT2D eigenvalue weighted by atomic mass is 35.5. The van der Waals surface area contributed by atoms with Gasteiger partial charge in [-0.15, -0.1) is 0 Å². The number of nitrogen functional groups attached to an aromatic ring is 1. The number of halogens is 1. The summed E-state index contributed by atoms with van der Waals surface area (Å²) in [5.74, 6) is 0.0980. The molecule has 0 spiro atoms. The number of hydrogen-bond acceptors (Lipinski definition) is 5. The topological polar surface area (TPSA) is 73.9 Å². The van der Waals surface area contributed by atoms with E-state index in [0.29, 0.717) is 0 Å². The number of hydrogen-bond donors (Lipinski definition) is 1. The molecule has 0 unspecified atom stereocenters. The SMILES string of the molecule is Nc1nc(Cl)nc(OC2CCCCC2)n1. The predicted molar refractivity (Wildman–Crippen MR) is 56.8 cm³/mol. The Bertz CT molecular complexity index is 321. The average Bonchev–Trinajstić information content (AvgIpc) is 2.17. The van der Waals surface area contributed by atoms with Gasteiger partial charge in [0.1, 0.15) is 6.10 Å². The van der Waals surface area contributed by atoms with Gasteiger partial charge in [0.05, 0.1) is 0 Å². The van der Waals surface area contributed by atoms with Crippen molar-refractivity contribution in [1.29, 1.82) is 0 Å². The molecule has 1 aromatic heterocycles. The molecule has 0 atom stereocenters. The van der Waals surface area contributed by atoms with Crippen LogP contribution in [0.1, 0.15) is 32.1 Å². The second-order valence-electron chi connectivity index (χ2n) is 3.62. The summed E-state index contributed by atoms with van der Waals surface area (Å²) in [4.78, 5) is 11.4. The molecule has 1 fully saturated rings. The molecule has 0 radical (unpaired) electrons. The standard InChI is InChI=1S/C9H13ClN4O/c10-7-12-8(11)14-9(13-7)15-6-4-2-1-3-5-6/h6H,1-5H2,(H2,11,12,13,14). The van der Waals surface area contributed by atoms with Crippen LogP contribution < -0.4 is 10.5 Å². The van der Waals surface area contributed by atoms with E-state index in [2.05, 4.69) is 15.0 Å². The monoisotopic (exact) mass is 228 g/mol. The van der Waals surface area contributed by atoms with Gasteiger partial charge in [0.15, 0.2) is 0 Å². The Kier molecular flexibility index (Phi) is 3.20. The maximum atomic E-state index is 5.65. The minimum Gasteiger partial charge on any atom is -0.460 e. The summed E-state index contributed by atoms with van der Waals surface area (Å²) in [6, 6.07) is 0.236. The van der Waals surface area contributed by atoms with Crippen molar-refractivity contribution in [2.45, 2.75) is 38.2 Å². The first kappa shape index (κ1) is 10.4. The van der Waals surface area contributed by atoms with Crippen LogP contribution in [0.2, 0.25) is 5.28 Å². The smallest absolute Gasteiger partial charge is 0.322 e. The number of anilines is 1. The fourth-order valence-corrected chi connectivity index (χ4v) is 1.89. The molecule has 6 heteroatoms. The van der Waals surface area contributed by atoms with Gasteiger partial charge in [0.2, 0.25) is 11.2 Å². The third kappa shape index (κ3) is 2.92. The second-order valence-corrected chi connectivity index (χ2v) is 3.96. The normalized spacial score (nSPS) is 17.7. The Balaban J connectivity index is 2.02. The Morgan fingerprint density at radius 3 is 2.53 bits per heavy atom. The van der Waals surface area contributed by atoms with E-state index in [1.165, 1.54) is 19.3 Å². The molecule has 2 rings (SSSR count). The summed E-state index contributed by atoms with van der Waals surface area (Å²) in [7, 11) is 0. The maximum absolute atomic E-state index is 5.65. The molecule has 1 aliphatic rings. The molecule has 15 heavy (non-hydrogen) atoms. The molecule has 1 heterocycles. The van der Waals surface area contributed by atoms with Crippen LogP contribution in [0.15, 0.2) is 0 Å². The summed E-state index contributed by atoms with van der Waals surface area (Å²) in [6.45, 7) is 0. The third-order valence-electron chi connectivity index (χ3n) is 2.43. The zero-order valence-electron chi connectivity index (χ0n) is 8.32. The molecule has 82 valence electrons. The van der Waals surface area contributed by atoms with Crippen molar-refractivity contribution < 1.29 is 4.74 Å². The lowest BCUT2D eigenvalue weighted by Gasteiger charge is -2.21. The van der Waals surface area contributed by atoms with Crippen molar-refractivity contribution in [3.05, 3.63) is 5.28 Å². The van der Waals surface area contributed by atoms with Crippen molar-refractivity contribution >= 4 is 17.5 Å². The number of aromatic nitrogens is 3. The van der Waals surface area contributed by atoms with Crippen molar-refractivity contribution in [1.82, 2.24) is 15.0 Å². The molecular formula is C9H13ClN4O. The summed E-state index contributed by atoms with van der Waals surface area (Å²) in [5.41, 5.74) is 5.44. The number of nitrogens with zero attached hydrogens (tertiary/aromatic N) is 3. The highest BCUT2D eigenvalue weighted by molar-refractivity contribution is 6.28. The van der Waals surface area contributed by atoms with Crippen molar-refractivity contribution in [2.24, 2.45) is 0 Å². The predicted octanol–water partition coefficient (Wildman–Crippen LogP) is 1.82. The van der Waals surface area contributed by atoms with Gasteiger partial charge in [-0.1, -0.05) is 6.42 Å². The lowest BCUT2D eigenvalue weighted by atomic mass is 9.98. The zero-order chi connectivity index (χ0) is 10.7. The summed E-state index contributed by atoms with van der Waals surface area (Å²) >= 11 is 5.65. The Morgan fingerprint density at radius 1 is 1.13 bits per heavy atom. The molecule has 2 N–H and O–H groups in total. The minimum absolute atomic E-state index is 0.0771.